The zero-order chi connectivity index (χ0) is 23.4. The highest BCUT2D eigenvalue weighted by molar-refractivity contribution is 7.21. The van der Waals surface area contributed by atoms with Gasteiger partial charge in [0.25, 0.3) is 5.91 Å². The van der Waals surface area contributed by atoms with Gasteiger partial charge in [-0.05, 0) is 25.0 Å². The van der Waals surface area contributed by atoms with Gasteiger partial charge in [0.15, 0.2) is 0 Å². The number of pyridine rings is 1. The van der Waals surface area contributed by atoms with E-state index in [0.717, 1.165) is 61.4 Å². The fraction of sp³-hybridized carbons (Fsp3) is 0.391. The Morgan fingerprint density at radius 1 is 1.33 bits per heavy atom. The molecule has 8 nitrogen and oxygen atoms in total. The molecule has 0 unspecified atom stereocenters. The molecule has 0 bridgehead atoms. The molecule has 1 aromatic carbocycles. The number of nitrogen functional groups attached to an aromatic ring is 1. The molecule has 1 saturated heterocycles. The Morgan fingerprint density at radius 3 is 2.85 bits per heavy atom. The van der Waals surface area contributed by atoms with Crippen molar-refractivity contribution in [3.63, 3.8) is 0 Å². The van der Waals surface area contributed by atoms with Crippen LogP contribution in [0.5, 0.6) is 11.6 Å². The summed E-state index contributed by atoms with van der Waals surface area (Å²) in [6.07, 6.45) is 1.71. The van der Waals surface area contributed by atoms with Gasteiger partial charge in [-0.1, -0.05) is 0 Å². The van der Waals surface area contributed by atoms with Crippen LogP contribution in [0.15, 0.2) is 24.3 Å². The van der Waals surface area contributed by atoms with Crippen molar-refractivity contribution in [2.75, 3.05) is 57.6 Å². The molecular weight excluding hydrogens is 445 g/mol. The van der Waals surface area contributed by atoms with Gasteiger partial charge in [0.1, 0.15) is 21.3 Å². The summed E-state index contributed by atoms with van der Waals surface area (Å²) in [5.74, 6) is 0.942. The molecule has 4 heterocycles. The van der Waals surface area contributed by atoms with Gasteiger partial charge in [-0.15, -0.1) is 11.3 Å². The minimum Gasteiger partial charge on any atom is -0.493 e. The number of nitrogens with zero attached hydrogens (tertiary/aromatic N) is 2. The molecule has 1 amide bonds. The summed E-state index contributed by atoms with van der Waals surface area (Å²) >= 11 is 1.26. The molecule has 176 valence electrons. The average Bonchev–Trinajstić information content (AvgIpc) is 3.20. The summed E-state index contributed by atoms with van der Waals surface area (Å²) in [6.45, 7) is 4.48. The van der Waals surface area contributed by atoms with E-state index in [1.165, 1.54) is 11.3 Å². The van der Waals surface area contributed by atoms with E-state index in [4.69, 9.17) is 15.2 Å². The number of hydrogen-bond donors (Lipinski definition) is 3. The molecule has 0 spiro atoms. The van der Waals surface area contributed by atoms with E-state index in [1.807, 2.05) is 6.07 Å². The maximum absolute atomic E-state index is 14.0. The third-order valence-corrected chi connectivity index (χ3v) is 6.77. The number of methoxy groups -OCH3 is 1. The standard InChI is InChI=1S/C13H17FN2O.C10H11N3O2S/c14-12-8-10(16-5-3-15-4-6-16)9-13-11(12)2-1-7-17-13;1-12-9(14)8-7(11)5-3-4-6(15-2)13-10(5)16-8/h8-9,15H,1-7H2;3-4H,11H2,1-2H3,(H,12,14). The molecule has 5 rings (SSSR count). The Morgan fingerprint density at radius 2 is 2.12 bits per heavy atom. The third kappa shape index (κ3) is 4.96. The van der Waals surface area contributed by atoms with Crippen LogP contribution >= 0.6 is 11.3 Å². The summed E-state index contributed by atoms with van der Waals surface area (Å²) in [4.78, 5) is 19.1. The molecule has 0 atom stereocenters. The first-order valence-electron chi connectivity index (χ1n) is 10.9. The van der Waals surface area contributed by atoms with Crippen molar-refractivity contribution in [1.82, 2.24) is 15.6 Å². The van der Waals surface area contributed by atoms with Crippen molar-refractivity contribution >= 4 is 38.8 Å². The lowest BCUT2D eigenvalue weighted by Crippen LogP contribution is -2.43. The summed E-state index contributed by atoms with van der Waals surface area (Å²) in [5, 5.41) is 6.62. The molecule has 0 aliphatic carbocycles. The van der Waals surface area contributed by atoms with Crippen LogP contribution in [-0.2, 0) is 6.42 Å². The number of amides is 1. The minimum absolute atomic E-state index is 0.115. The van der Waals surface area contributed by atoms with Crippen molar-refractivity contribution < 1.29 is 18.7 Å². The zero-order valence-corrected chi connectivity index (χ0v) is 19.6. The first-order chi connectivity index (χ1) is 16.0. The number of thiophene rings is 1. The van der Waals surface area contributed by atoms with E-state index in [-0.39, 0.29) is 11.7 Å². The van der Waals surface area contributed by atoms with Crippen molar-refractivity contribution in [1.29, 1.82) is 0 Å². The second-order valence-corrected chi connectivity index (χ2v) is 8.72. The molecule has 10 heteroatoms. The number of rotatable bonds is 3. The van der Waals surface area contributed by atoms with Gasteiger partial charge in [-0.2, -0.15) is 0 Å². The van der Waals surface area contributed by atoms with Crippen LogP contribution in [0.3, 0.4) is 0 Å². The van der Waals surface area contributed by atoms with E-state index in [2.05, 4.69) is 20.5 Å². The number of benzene rings is 1. The Hall–Kier alpha value is -3.11. The maximum Gasteiger partial charge on any atom is 0.263 e. The molecule has 2 aromatic heterocycles. The molecule has 0 radical (unpaired) electrons. The summed E-state index contributed by atoms with van der Waals surface area (Å²) < 4.78 is 24.5. The topological polar surface area (TPSA) is 102 Å². The lowest BCUT2D eigenvalue weighted by Gasteiger charge is -2.30. The molecule has 1 fully saturated rings. The highest BCUT2D eigenvalue weighted by Gasteiger charge is 2.19. The van der Waals surface area contributed by atoms with Gasteiger partial charge in [-0.3, -0.25) is 4.79 Å². The van der Waals surface area contributed by atoms with Crippen LogP contribution in [0.25, 0.3) is 10.2 Å². The second-order valence-electron chi connectivity index (χ2n) is 7.72. The zero-order valence-electron chi connectivity index (χ0n) is 18.7. The van der Waals surface area contributed by atoms with E-state index in [9.17, 15) is 9.18 Å². The predicted molar refractivity (Wildman–Crippen MR) is 129 cm³/mol. The minimum atomic E-state index is -0.195. The van der Waals surface area contributed by atoms with Crippen molar-refractivity contribution in [3.8, 4) is 11.6 Å². The van der Waals surface area contributed by atoms with Crippen LogP contribution in [-0.4, -0.2) is 57.8 Å². The number of aromatic nitrogens is 1. The normalized spacial score (nSPS) is 15.2. The van der Waals surface area contributed by atoms with Crippen molar-refractivity contribution in [2.45, 2.75) is 12.8 Å². The molecule has 4 N–H and O–H groups in total. The van der Waals surface area contributed by atoms with Crippen LogP contribution < -0.4 is 30.7 Å². The molecular formula is C23H28FN5O3S. The van der Waals surface area contributed by atoms with E-state index in [0.29, 0.717) is 27.9 Å². The molecule has 3 aromatic rings. The lowest BCUT2D eigenvalue weighted by atomic mass is 10.0. The highest BCUT2D eigenvalue weighted by Crippen LogP contribution is 2.34. The Labute approximate surface area is 195 Å². The monoisotopic (exact) mass is 473 g/mol. The summed E-state index contributed by atoms with van der Waals surface area (Å²) in [7, 11) is 3.12. The summed E-state index contributed by atoms with van der Waals surface area (Å²) in [6, 6.07) is 7.17. The Bertz CT molecular complexity index is 1150. The van der Waals surface area contributed by atoms with Crippen LogP contribution in [0.1, 0.15) is 21.7 Å². The van der Waals surface area contributed by atoms with E-state index >= 15 is 0 Å². The third-order valence-electron chi connectivity index (χ3n) is 5.66. The lowest BCUT2D eigenvalue weighted by molar-refractivity contribution is 0.0968. The SMILES string of the molecule is CNC(=O)c1sc2nc(OC)ccc2c1N.Fc1cc(N2CCNCC2)cc2c1CCCO2. The molecule has 2 aliphatic rings. The van der Waals surface area contributed by atoms with E-state index in [1.54, 1.807) is 32.4 Å². The van der Waals surface area contributed by atoms with Crippen LogP contribution in [0.4, 0.5) is 15.8 Å². The number of nitrogens with two attached hydrogens (primary N) is 1. The molecule has 0 saturated carbocycles. The average molecular weight is 474 g/mol. The van der Waals surface area contributed by atoms with Gasteiger partial charge in [0.2, 0.25) is 5.88 Å². The van der Waals surface area contributed by atoms with Gasteiger partial charge >= 0.3 is 0 Å². The van der Waals surface area contributed by atoms with Crippen molar-refractivity contribution in [2.24, 2.45) is 0 Å². The molecule has 33 heavy (non-hydrogen) atoms. The van der Waals surface area contributed by atoms with Crippen molar-refractivity contribution in [3.05, 3.63) is 40.5 Å². The number of carbonyl (C=O) groups is 1. The van der Waals surface area contributed by atoms with Crippen LogP contribution in [0, 0.1) is 5.82 Å². The van der Waals surface area contributed by atoms with Gasteiger partial charge in [0.05, 0.1) is 19.4 Å². The number of halogens is 1. The fourth-order valence-corrected chi connectivity index (χ4v) is 4.91. The maximum atomic E-state index is 14.0. The van der Waals surface area contributed by atoms with Crippen LogP contribution in [0.2, 0.25) is 0 Å². The Kier molecular flexibility index (Phi) is 7.14. The number of fused-ring (bicyclic) bond motifs is 2. The number of piperazine rings is 1. The Balaban J connectivity index is 0.000000157. The smallest absolute Gasteiger partial charge is 0.263 e. The highest BCUT2D eigenvalue weighted by atomic mass is 32.1. The van der Waals surface area contributed by atoms with Gasteiger partial charge in [0, 0.05) is 62.0 Å². The number of carbonyl (C=O) groups excluding carboxylic acids is 1. The number of anilines is 2. The quantitative estimate of drug-likeness (QED) is 0.538. The predicted octanol–water partition coefficient (Wildman–Crippen LogP) is 2.81. The number of nitrogens with one attached hydrogen (secondary N) is 2. The molecule has 2 aliphatic heterocycles. The van der Waals surface area contributed by atoms with E-state index < -0.39 is 0 Å². The largest absolute Gasteiger partial charge is 0.493 e. The van der Waals surface area contributed by atoms with Gasteiger partial charge < -0.3 is 30.7 Å². The van der Waals surface area contributed by atoms with Gasteiger partial charge in [-0.25, -0.2) is 9.37 Å². The first-order valence-corrected chi connectivity index (χ1v) is 11.7. The first kappa shape index (κ1) is 23.1. The fourth-order valence-electron chi connectivity index (χ4n) is 3.88. The number of ether oxygens (including phenoxy) is 2. The number of hydrogen-bond acceptors (Lipinski definition) is 8. The second kappa shape index (κ2) is 10.2. The summed E-state index contributed by atoms with van der Waals surface area (Å²) in [5.41, 5.74) is 8.04.